The number of aromatic amines is 1. The number of carbonyl (C=O) groups excluding carboxylic acids is 1. The second-order valence-electron chi connectivity index (χ2n) is 3.99. The number of aldehydes is 1. The van der Waals surface area contributed by atoms with Crippen molar-refractivity contribution in [1.29, 1.82) is 0 Å². The summed E-state index contributed by atoms with van der Waals surface area (Å²) in [5.41, 5.74) is -1.62. The van der Waals surface area contributed by atoms with Crippen molar-refractivity contribution in [3.05, 3.63) is 35.5 Å². The number of nitrogens with zero attached hydrogens (tertiary/aromatic N) is 2. The van der Waals surface area contributed by atoms with Gasteiger partial charge in [-0.3, -0.25) is 4.79 Å². The van der Waals surface area contributed by atoms with E-state index in [1.807, 2.05) is 0 Å². The number of halogens is 3. The number of hydrogen-bond donors (Lipinski definition) is 1. The molecule has 0 bridgehead atoms. The van der Waals surface area contributed by atoms with E-state index in [0.29, 0.717) is 22.8 Å². The fourth-order valence-electron chi connectivity index (χ4n) is 1.90. The number of nitrogens with one attached hydrogen (secondary N) is 1. The first-order valence-electron chi connectivity index (χ1n) is 5.05. The molecule has 1 aliphatic rings. The van der Waals surface area contributed by atoms with Crippen LogP contribution >= 0.6 is 0 Å². The molecule has 1 aliphatic heterocycles. The highest BCUT2D eigenvalue weighted by Crippen LogP contribution is 2.52. The molecule has 18 heavy (non-hydrogen) atoms. The zero-order valence-corrected chi connectivity index (χ0v) is 8.82. The van der Waals surface area contributed by atoms with Crippen LogP contribution in [-0.2, 0) is 5.66 Å². The zero-order chi connectivity index (χ0) is 13.0. The molecular weight excluding hydrogens is 247 g/mol. The number of fused-ring (bicyclic) bond motifs is 1. The summed E-state index contributed by atoms with van der Waals surface area (Å²) in [6.07, 6.45) is -2.52. The lowest BCUT2D eigenvalue weighted by molar-refractivity contribution is -0.166. The van der Waals surface area contributed by atoms with E-state index in [2.05, 4.69) is 15.2 Å². The first-order chi connectivity index (χ1) is 8.48. The normalized spacial score (nSPS) is 17.1. The molecule has 1 N–H and O–H groups in total. The quantitative estimate of drug-likeness (QED) is 0.821. The van der Waals surface area contributed by atoms with Crippen molar-refractivity contribution in [2.24, 2.45) is 10.2 Å². The third-order valence-corrected chi connectivity index (χ3v) is 2.94. The number of alkyl halides is 3. The van der Waals surface area contributed by atoms with E-state index in [0.717, 1.165) is 0 Å². The van der Waals surface area contributed by atoms with Crippen LogP contribution in [0, 0.1) is 0 Å². The van der Waals surface area contributed by atoms with Gasteiger partial charge in [-0.25, -0.2) is 0 Å². The third-order valence-electron chi connectivity index (χ3n) is 2.94. The number of H-pyrrole nitrogens is 1. The molecule has 1 aromatic carbocycles. The fourth-order valence-corrected chi connectivity index (χ4v) is 1.90. The van der Waals surface area contributed by atoms with Crippen LogP contribution in [0.4, 0.5) is 13.2 Å². The summed E-state index contributed by atoms with van der Waals surface area (Å²) in [6, 6.07) is 4.08. The standard InChI is InChI=1S/C11H6F3N3O/c12-11(13,14)10(16-17-10)7-1-2-9-8(3-7)6(5-18)4-15-9/h1-5,15H. The Bertz CT molecular complexity index is 666. The molecule has 1 aromatic heterocycles. The minimum atomic E-state index is -4.56. The summed E-state index contributed by atoms with van der Waals surface area (Å²) >= 11 is 0. The molecule has 0 saturated carbocycles. The summed E-state index contributed by atoms with van der Waals surface area (Å²) in [6.45, 7) is 0. The maximum atomic E-state index is 12.8. The topological polar surface area (TPSA) is 57.6 Å². The van der Waals surface area contributed by atoms with Gasteiger partial charge in [-0.05, 0) is 12.1 Å². The van der Waals surface area contributed by atoms with Crippen LogP contribution in [0.1, 0.15) is 15.9 Å². The smallest absolute Gasteiger partial charge is 0.360 e. The van der Waals surface area contributed by atoms with Crippen LogP contribution in [0.2, 0.25) is 0 Å². The van der Waals surface area contributed by atoms with Crippen LogP contribution in [0.15, 0.2) is 34.6 Å². The van der Waals surface area contributed by atoms with Gasteiger partial charge in [0.15, 0.2) is 6.29 Å². The summed E-state index contributed by atoms with van der Waals surface area (Å²) in [5.74, 6) is 0. The molecule has 0 amide bonds. The molecular formula is C11H6F3N3O. The van der Waals surface area contributed by atoms with E-state index >= 15 is 0 Å². The average Bonchev–Trinajstić information content (AvgIpc) is 3.04. The fraction of sp³-hybridized carbons (Fsp3) is 0.182. The molecule has 4 nitrogen and oxygen atoms in total. The van der Waals surface area contributed by atoms with Gasteiger partial charge in [-0.1, -0.05) is 6.07 Å². The Balaban J connectivity index is 2.17. The van der Waals surface area contributed by atoms with Gasteiger partial charge >= 0.3 is 11.8 Å². The van der Waals surface area contributed by atoms with Crippen LogP contribution in [0.25, 0.3) is 10.9 Å². The molecule has 2 aromatic rings. The number of benzene rings is 1. The van der Waals surface area contributed by atoms with Crippen molar-refractivity contribution in [2.45, 2.75) is 11.8 Å². The lowest BCUT2D eigenvalue weighted by atomic mass is 10.0. The van der Waals surface area contributed by atoms with Gasteiger partial charge in [0, 0.05) is 28.2 Å². The highest BCUT2D eigenvalue weighted by atomic mass is 19.4. The van der Waals surface area contributed by atoms with E-state index in [1.54, 1.807) is 0 Å². The molecule has 0 spiro atoms. The van der Waals surface area contributed by atoms with Gasteiger partial charge in [0.1, 0.15) is 0 Å². The molecule has 0 saturated heterocycles. The monoisotopic (exact) mass is 253 g/mol. The highest BCUT2D eigenvalue weighted by molar-refractivity contribution is 5.97. The largest absolute Gasteiger partial charge is 0.442 e. The minimum absolute atomic E-state index is 0.0785. The molecule has 2 heterocycles. The molecule has 92 valence electrons. The molecule has 0 aliphatic carbocycles. The summed E-state index contributed by atoms with van der Waals surface area (Å²) in [4.78, 5) is 13.6. The number of hydrogen-bond acceptors (Lipinski definition) is 3. The van der Waals surface area contributed by atoms with E-state index < -0.39 is 11.8 Å². The number of carbonyl (C=O) groups is 1. The van der Waals surface area contributed by atoms with Crippen molar-refractivity contribution in [3.63, 3.8) is 0 Å². The number of aromatic nitrogens is 1. The Morgan fingerprint density at radius 3 is 2.56 bits per heavy atom. The van der Waals surface area contributed by atoms with Gasteiger partial charge in [0.2, 0.25) is 0 Å². The second kappa shape index (κ2) is 3.18. The van der Waals surface area contributed by atoms with Gasteiger partial charge in [0.25, 0.3) is 0 Å². The maximum absolute atomic E-state index is 12.8. The predicted octanol–water partition coefficient (Wildman–Crippen LogP) is 3.16. The lowest BCUT2D eigenvalue weighted by Gasteiger charge is -2.14. The summed E-state index contributed by atoms with van der Waals surface area (Å²) in [5, 5.41) is 6.68. The van der Waals surface area contributed by atoms with Crippen molar-refractivity contribution in [1.82, 2.24) is 4.98 Å². The van der Waals surface area contributed by atoms with Crippen LogP contribution in [0.3, 0.4) is 0 Å². The van der Waals surface area contributed by atoms with Gasteiger partial charge in [-0.2, -0.15) is 13.2 Å². The molecule has 0 radical (unpaired) electrons. The first kappa shape index (κ1) is 10.9. The average molecular weight is 253 g/mol. The predicted molar refractivity (Wildman–Crippen MR) is 56.3 cm³/mol. The van der Waals surface area contributed by atoms with E-state index in [-0.39, 0.29) is 5.56 Å². The Morgan fingerprint density at radius 2 is 2.00 bits per heavy atom. The SMILES string of the molecule is O=Cc1c[nH]c2ccc(C3(C(F)(F)F)N=N3)cc12. The van der Waals surface area contributed by atoms with Crippen molar-refractivity contribution >= 4 is 17.2 Å². The van der Waals surface area contributed by atoms with Gasteiger partial charge < -0.3 is 4.98 Å². The van der Waals surface area contributed by atoms with Crippen LogP contribution in [0.5, 0.6) is 0 Å². The minimum Gasteiger partial charge on any atom is -0.360 e. The van der Waals surface area contributed by atoms with Crippen molar-refractivity contribution in [2.75, 3.05) is 0 Å². The van der Waals surface area contributed by atoms with Gasteiger partial charge in [-0.15, -0.1) is 10.2 Å². The highest BCUT2D eigenvalue weighted by Gasteiger charge is 2.65. The zero-order valence-electron chi connectivity index (χ0n) is 8.82. The first-order valence-corrected chi connectivity index (χ1v) is 5.05. The maximum Gasteiger partial charge on any atom is 0.442 e. The molecule has 7 heteroatoms. The van der Waals surface area contributed by atoms with E-state index in [1.165, 1.54) is 24.4 Å². The third kappa shape index (κ3) is 1.30. The molecule has 0 unspecified atom stereocenters. The van der Waals surface area contributed by atoms with Crippen molar-refractivity contribution in [3.8, 4) is 0 Å². The van der Waals surface area contributed by atoms with Crippen LogP contribution < -0.4 is 0 Å². The van der Waals surface area contributed by atoms with Crippen molar-refractivity contribution < 1.29 is 18.0 Å². The molecule has 0 fully saturated rings. The molecule has 3 rings (SSSR count). The Hall–Kier alpha value is -2.18. The summed E-state index contributed by atoms with van der Waals surface area (Å²) < 4.78 is 38.5. The second-order valence-corrected chi connectivity index (χ2v) is 3.99. The van der Waals surface area contributed by atoms with Gasteiger partial charge in [0.05, 0.1) is 0 Å². The Labute approximate surface area is 98.5 Å². The Morgan fingerprint density at radius 1 is 1.28 bits per heavy atom. The molecule has 0 atom stereocenters. The lowest BCUT2D eigenvalue weighted by Crippen LogP contribution is -2.30. The van der Waals surface area contributed by atoms with E-state index in [9.17, 15) is 18.0 Å². The Kier molecular flexibility index (Phi) is 1.93. The van der Waals surface area contributed by atoms with Crippen LogP contribution in [-0.4, -0.2) is 17.4 Å². The summed E-state index contributed by atoms with van der Waals surface area (Å²) in [7, 11) is 0. The van der Waals surface area contributed by atoms with E-state index in [4.69, 9.17) is 0 Å². The number of rotatable bonds is 2.